The maximum atomic E-state index is 12.6. The molecule has 2 amide bonds. The highest BCUT2D eigenvalue weighted by molar-refractivity contribution is 7.85. The number of nitrogens with one attached hydrogen (secondary N) is 2. The first-order chi connectivity index (χ1) is 15.0. The van der Waals surface area contributed by atoms with Crippen molar-refractivity contribution in [2.45, 2.75) is 43.5 Å². The Morgan fingerprint density at radius 1 is 1.00 bits per heavy atom. The van der Waals surface area contributed by atoms with Crippen molar-refractivity contribution in [3.63, 3.8) is 0 Å². The number of rotatable bonds is 8. The molecule has 31 heavy (non-hydrogen) atoms. The molecule has 1 aliphatic rings. The van der Waals surface area contributed by atoms with Gasteiger partial charge >= 0.3 is 5.97 Å². The minimum Gasteiger partial charge on any atom is -0.452 e. The molecule has 0 heterocycles. The summed E-state index contributed by atoms with van der Waals surface area (Å²) in [6.45, 7) is 1.23. The summed E-state index contributed by atoms with van der Waals surface area (Å²) in [4.78, 5) is 37.8. The van der Waals surface area contributed by atoms with Crippen LogP contribution < -0.4 is 10.6 Å². The summed E-state index contributed by atoms with van der Waals surface area (Å²) in [6, 6.07) is 13.3. The maximum absolute atomic E-state index is 12.6. The van der Waals surface area contributed by atoms with Crippen molar-refractivity contribution in [1.82, 2.24) is 5.32 Å². The van der Waals surface area contributed by atoms with Gasteiger partial charge in [0.1, 0.15) is 0 Å². The van der Waals surface area contributed by atoms with E-state index in [4.69, 9.17) is 4.74 Å². The lowest BCUT2D eigenvalue weighted by molar-refractivity contribution is -0.119. The SMILES string of the molecule is CCS(=O)c1ccccc1C(=O)OCC(=O)Nc1ccccc1C(=O)NC1CCCC1. The molecule has 1 aliphatic carbocycles. The molecule has 0 radical (unpaired) electrons. The van der Waals surface area contributed by atoms with E-state index in [1.165, 1.54) is 6.07 Å². The van der Waals surface area contributed by atoms with Crippen LogP contribution in [0.2, 0.25) is 0 Å². The topological polar surface area (TPSA) is 102 Å². The first-order valence-corrected chi connectivity index (χ1v) is 11.7. The second-order valence-corrected chi connectivity index (χ2v) is 8.96. The average molecular weight is 443 g/mol. The molecule has 0 aliphatic heterocycles. The standard InChI is InChI=1S/C23H26N2O5S/c1-2-31(29)20-14-8-6-12-18(20)23(28)30-15-21(26)25-19-13-7-5-11-17(19)22(27)24-16-9-3-4-10-16/h5-8,11-14,16H,2-4,9-10,15H2,1H3,(H,24,27)(H,25,26). The van der Waals surface area contributed by atoms with Crippen molar-refractivity contribution in [1.29, 1.82) is 0 Å². The number of carbonyl (C=O) groups is 3. The van der Waals surface area contributed by atoms with Gasteiger partial charge in [0.2, 0.25) is 0 Å². The third-order valence-electron chi connectivity index (χ3n) is 5.08. The van der Waals surface area contributed by atoms with Crippen LogP contribution in [-0.2, 0) is 20.3 Å². The van der Waals surface area contributed by atoms with E-state index in [9.17, 15) is 18.6 Å². The summed E-state index contributed by atoms with van der Waals surface area (Å²) in [7, 11) is -1.32. The molecule has 2 aromatic rings. The number of carbonyl (C=O) groups excluding carboxylic acids is 3. The summed E-state index contributed by atoms with van der Waals surface area (Å²) in [5.74, 6) is -1.16. The minimum atomic E-state index is -1.32. The van der Waals surface area contributed by atoms with Gasteiger partial charge in [-0.15, -0.1) is 0 Å². The molecule has 3 rings (SSSR count). The van der Waals surface area contributed by atoms with Gasteiger partial charge in [-0.05, 0) is 37.1 Å². The summed E-state index contributed by atoms with van der Waals surface area (Å²) in [6.07, 6.45) is 4.12. The predicted molar refractivity (Wildman–Crippen MR) is 118 cm³/mol. The fourth-order valence-corrected chi connectivity index (χ4v) is 4.45. The van der Waals surface area contributed by atoms with E-state index < -0.39 is 29.3 Å². The first kappa shape index (κ1) is 22.7. The van der Waals surface area contributed by atoms with E-state index in [0.29, 0.717) is 21.9 Å². The molecule has 8 heteroatoms. The lowest BCUT2D eigenvalue weighted by atomic mass is 10.1. The summed E-state index contributed by atoms with van der Waals surface area (Å²) < 4.78 is 17.2. The number of ether oxygens (including phenoxy) is 1. The van der Waals surface area contributed by atoms with Gasteiger partial charge in [0.25, 0.3) is 11.8 Å². The van der Waals surface area contributed by atoms with E-state index >= 15 is 0 Å². The molecule has 0 bridgehead atoms. The molecule has 1 fully saturated rings. The van der Waals surface area contributed by atoms with Crippen LogP contribution in [0.5, 0.6) is 0 Å². The highest BCUT2D eigenvalue weighted by Gasteiger charge is 2.21. The van der Waals surface area contributed by atoms with E-state index in [1.54, 1.807) is 49.4 Å². The van der Waals surface area contributed by atoms with Gasteiger partial charge in [-0.1, -0.05) is 44.0 Å². The predicted octanol–water partition coefficient (Wildman–Crippen LogP) is 3.28. The first-order valence-electron chi connectivity index (χ1n) is 10.3. The number of hydrogen-bond acceptors (Lipinski definition) is 5. The van der Waals surface area contributed by atoms with Crippen molar-refractivity contribution in [3.05, 3.63) is 59.7 Å². The van der Waals surface area contributed by atoms with Crippen molar-refractivity contribution in [2.75, 3.05) is 17.7 Å². The normalized spacial score (nSPS) is 14.6. The Morgan fingerprint density at radius 3 is 2.35 bits per heavy atom. The second kappa shape index (κ2) is 10.9. The van der Waals surface area contributed by atoms with Crippen molar-refractivity contribution in [3.8, 4) is 0 Å². The van der Waals surface area contributed by atoms with E-state index in [2.05, 4.69) is 10.6 Å². The largest absolute Gasteiger partial charge is 0.452 e. The molecule has 0 aromatic heterocycles. The van der Waals surface area contributed by atoms with Crippen LogP contribution in [0.3, 0.4) is 0 Å². The number of amides is 2. The average Bonchev–Trinajstić information content (AvgIpc) is 3.30. The second-order valence-electron chi connectivity index (χ2n) is 7.26. The molecule has 1 saturated carbocycles. The molecule has 1 unspecified atom stereocenters. The Kier molecular flexibility index (Phi) is 7.94. The third kappa shape index (κ3) is 6.01. The Labute approximate surface area is 184 Å². The van der Waals surface area contributed by atoms with Gasteiger partial charge in [0, 0.05) is 11.8 Å². The van der Waals surface area contributed by atoms with Crippen LogP contribution in [0.4, 0.5) is 5.69 Å². The van der Waals surface area contributed by atoms with Crippen LogP contribution in [0.25, 0.3) is 0 Å². The van der Waals surface area contributed by atoms with Gasteiger partial charge < -0.3 is 15.4 Å². The Bertz CT molecular complexity index is 985. The van der Waals surface area contributed by atoms with E-state index in [0.717, 1.165) is 25.7 Å². The van der Waals surface area contributed by atoms with Crippen molar-refractivity contribution >= 4 is 34.3 Å². The molecule has 0 spiro atoms. The lowest BCUT2D eigenvalue weighted by Gasteiger charge is -2.15. The molecule has 1 atom stereocenters. The smallest absolute Gasteiger partial charge is 0.339 e. The van der Waals surface area contributed by atoms with Gasteiger partial charge in [-0.3, -0.25) is 13.8 Å². The van der Waals surface area contributed by atoms with Gasteiger partial charge in [-0.2, -0.15) is 0 Å². The quantitative estimate of drug-likeness (QED) is 0.611. The number of esters is 1. The monoisotopic (exact) mass is 442 g/mol. The zero-order valence-electron chi connectivity index (χ0n) is 17.4. The zero-order chi connectivity index (χ0) is 22.2. The number of benzene rings is 2. The third-order valence-corrected chi connectivity index (χ3v) is 6.46. The maximum Gasteiger partial charge on any atom is 0.339 e. The van der Waals surface area contributed by atoms with Crippen LogP contribution in [-0.4, -0.2) is 40.4 Å². The zero-order valence-corrected chi connectivity index (χ0v) is 18.2. The molecule has 2 N–H and O–H groups in total. The number of hydrogen-bond donors (Lipinski definition) is 2. The summed E-state index contributed by atoms with van der Waals surface area (Å²) in [5.41, 5.74) is 0.885. The minimum absolute atomic E-state index is 0.158. The van der Waals surface area contributed by atoms with Crippen molar-refractivity contribution in [2.24, 2.45) is 0 Å². The fraction of sp³-hybridized carbons (Fsp3) is 0.348. The van der Waals surface area contributed by atoms with E-state index in [1.807, 2.05) is 0 Å². The molecule has 0 saturated heterocycles. The Hall–Kier alpha value is -3.00. The molecule has 7 nitrogen and oxygen atoms in total. The van der Waals surface area contributed by atoms with Crippen LogP contribution in [0.15, 0.2) is 53.4 Å². The van der Waals surface area contributed by atoms with E-state index in [-0.39, 0.29) is 17.5 Å². The van der Waals surface area contributed by atoms with Crippen LogP contribution in [0, 0.1) is 0 Å². The number of para-hydroxylation sites is 1. The molecular formula is C23H26N2O5S. The Morgan fingerprint density at radius 2 is 1.65 bits per heavy atom. The summed E-state index contributed by atoms with van der Waals surface area (Å²) >= 11 is 0. The fourth-order valence-electron chi connectivity index (χ4n) is 3.51. The molecule has 164 valence electrons. The van der Waals surface area contributed by atoms with Crippen LogP contribution >= 0.6 is 0 Å². The van der Waals surface area contributed by atoms with Gasteiger partial charge in [0.15, 0.2) is 6.61 Å². The van der Waals surface area contributed by atoms with Crippen molar-refractivity contribution < 1.29 is 23.3 Å². The molecule has 2 aromatic carbocycles. The van der Waals surface area contributed by atoms with Crippen LogP contribution in [0.1, 0.15) is 53.3 Å². The lowest BCUT2D eigenvalue weighted by Crippen LogP contribution is -2.33. The molecular weight excluding hydrogens is 416 g/mol. The van der Waals surface area contributed by atoms with Gasteiger partial charge in [0.05, 0.1) is 32.5 Å². The highest BCUT2D eigenvalue weighted by Crippen LogP contribution is 2.20. The Balaban J connectivity index is 1.61. The number of anilines is 1. The van der Waals surface area contributed by atoms with Gasteiger partial charge in [-0.25, -0.2) is 4.79 Å². The summed E-state index contributed by atoms with van der Waals surface area (Å²) in [5, 5.41) is 5.63. The highest BCUT2D eigenvalue weighted by atomic mass is 32.2.